The zero-order valence-corrected chi connectivity index (χ0v) is 11.4. The van der Waals surface area contributed by atoms with Crippen LogP contribution in [0.5, 0.6) is 0 Å². The zero-order chi connectivity index (χ0) is 10.7. The number of likely N-dealkylation sites (N-methyl/N-ethyl adjacent to an activating group) is 1. The second-order valence-electron chi connectivity index (χ2n) is 5.01. The number of quaternary nitrogens is 1. The van der Waals surface area contributed by atoms with Gasteiger partial charge in [0.05, 0.1) is 20.1 Å². The molecule has 2 nitrogen and oxygen atoms in total. The van der Waals surface area contributed by atoms with Crippen molar-refractivity contribution in [1.29, 1.82) is 0 Å². The topological polar surface area (TPSA) is 12.5 Å². The molecule has 0 aliphatic carbocycles. The highest BCUT2D eigenvalue weighted by Gasteiger charge is 2.55. The fourth-order valence-electron chi connectivity index (χ4n) is 2.02. The lowest BCUT2D eigenvalue weighted by Gasteiger charge is -2.38. The molecular formula is C12H26ClNO. The van der Waals surface area contributed by atoms with Crippen LogP contribution in [-0.2, 0) is 4.74 Å². The van der Waals surface area contributed by atoms with Crippen molar-refractivity contribution >= 4 is 0 Å². The molecule has 0 aromatic heterocycles. The predicted molar refractivity (Wildman–Crippen MR) is 60.1 cm³/mol. The Morgan fingerprint density at radius 3 is 1.80 bits per heavy atom. The van der Waals surface area contributed by atoms with Crippen molar-refractivity contribution in [3.8, 4) is 0 Å². The monoisotopic (exact) mass is 235 g/mol. The summed E-state index contributed by atoms with van der Waals surface area (Å²) in [5.41, 5.74) is 0.143. The SMILES string of the molecule is CCCC[N+](C)(CCCC)C1(C)CO1.[Cl-]. The molecule has 1 aliphatic rings. The third-order valence-electron chi connectivity index (χ3n) is 3.71. The summed E-state index contributed by atoms with van der Waals surface area (Å²) in [6.07, 6.45) is 5.21. The molecule has 15 heavy (non-hydrogen) atoms. The number of epoxide rings is 1. The van der Waals surface area contributed by atoms with Crippen LogP contribution in [0, 0.1) is 0 Å². The van der Waals surface area contributed by atoms with Gasteiger partial charge in [0.15, 0.2) is 0 Å². The van der Waals surface area contributed by atoms with Gasteiger partial charge in [-0.1, -0.05) is 26.7 Å². The number of halogens is 1. The van der Waals surface area contributed by atoms with Crippen LogP contribution in [0.2, 0.25) is 0 Å². The number of rotatable bonds is 7. The largest absolute Gasteiger partial charge is 1.00 e. The van der Waals surface area contributed by atoms with Crippen molar-refractivity contribution in [2.75, 3.05) is 26.7 Å². The van der Waals surface area contributed by atoms with Crippen LogP contribution in [0.1, 0.15) is 46.5 Å². The fourth-order valence-corrected chi connectivity index (χ4v) is 2.02. The van der Waals surface area contributed by atoms with Gasteiger partial charge in [-0.2, -0.15) is 0 Å². The second-order valence-corrected chi connectivity index (χ2v) is 5.01. The Labute approximate surface area is 101 Å². The molecule has 0 bridgehead atoms. The third-order valence-corrected chi connectivity index (χ3v) is 3.71. The van der Waals surface area contributed by atoms with E-state index in [1.807, 2.05) is 0 Å². The molecule has 1 atom stereocenters. The molecule has 1 fully saturated rings. The van der Waals surface area contributed by atoms with Gasteiger partial charge < -0.3 is 17.1 Å². The van der Waals surface area contributed by atoms with E-state index < -0.39 is 0 Å². The summed E-state index contributed by atoms with van der Waals surface area (Å²) < 4.78 is 6.75. The molecule has 0 saturated carbocycles. The van der Waals surface area contributed by atoms with Crippen LogP contribution < -0.4 is 12.4 Å². The minimum Gasteiger partial charge on any atom is -1.00 e. The summed E-state index contributed by atoms with van der Waals surface area (Å²) in [5.74, 6) is 0. The van der Waals surface area contributed by atoms with Crippen molar-refractivity contribution in [2.24, 2.45) is 0 Å². The fraction of sp³-hybridized carbons (Fsp3) is 1.00. The predicted octanol–water partition coefficient (Wildman–Crippen LogP) is -0.216. The van der Waals surface area contributed by atoms with Crippen molar-refractivity contribution in [3.63, 3.8) is 0 Å². The highest BCUT2D eigenvalue weighted by Crippen LogP contribution is 2.37. The Balaban J connectivity index is 0.00000196. The first-order valence-electron chi connectivity index (χ1n) is 6.06. The summed E-state index contributed by atoms with van der Waals surface area (Å²) in [7, 11) is 2.36. The Morgan fingerprint density at radius 1 is 1.13 bits per heavy atom. The van der Waals surface area contributed by atoms with Gasteiger partial charge >= 0.3 is 0 Å². The molecule has 0 aromatic rings. The maximum absolute atomic E-state index is 5.63. The minimum absolute atomic E-state index is 0. The Hall–Kier alpha value is 0.210. The Kier molecular flexibility index (Phi) is 6.16. The second kappa shape index (κ2) is 6.07. The summed E-state index contributed by atoms with van der Waals surface area (Å²) in [4.78, 5) is 0. The van der Waals surface area contributed by atoms with Crippen LogP contribution in [0.25, 0.3) is 0 Å². The summed E-state index contributed by atoms with van der Waals surface area (Å²) in [5, 5.41) is 0. The number of hydrogen-bond acceptors (Lipinski definition) is 1. The molecule has 92 valence electrons. The van der Waals surface area contributed by atoms with Gasteiger partial charge in [-0.15, -0.1) is 0 Å². The molecule has 0 aromatic carbocycles. The van der Waals surface area contributed by atoms with Crippen molar-refractivity contribution in [1.82, 2.24) is 0 Å². The van der Waals surface area contributed by atoms with E-state index in [0.29, 0.717) is 0 Å². The van der Waals surface area contributed by atoms with E-state index in [4.69, 9.17) is 4.74 Å². The molecular weight excluding hydrogens is 210 g/mol. The molecule has 0 N–H and O–H groups in total. The van der Waals surface area contributed by atoms with Crippen LogP contribution >= 0.6 is 0 Å². The molecule has 0 spiro atoms. The first-order valence-corrected chi connectivity index (χ1v) is 6.06. The first kappa shape index (κ1) is 15.2. The van der Waals surface area contributed by atoms with Gasteiger partial charge in [0.1, 0.15) is 6.61 Å². The molecule has 1 heterocycles. The highest BCUT2D eigenvalue weighted by atomic mass is 35.5. The normalized spacial score (nSPS) is 24.8. The van der Waals surface area contributed by atoms with Gasteiger partial charge in [0.2, 0.25) is 5.72 Å². The van der Waals surface area contributed by atoms with Gasteiger partial charge in [-0.3, -0.25) is 4.48 Å². The van der Waals surface area contributed by atoms with E-state index in [0.717, 1.165) is 11.1 Å². The maximum atomic E-state index is 5.63. The van der Waals surface area contributed by atoms with E-state index in [9.17, 15) is 0 Å². The Bertz CT molecular complexity index is 172. The number of hydrogen-bond donors (Lipinski definition) is 0. The van der Waals surface area contributed by atoms with Crippen LogP contribution in [0.3, 0.4) is 0 Å². The van der Waals surface area contributed by atoms with Crippen LogP contribution in [-0.4, -0.2) is 37.0 Å². The quantitative estimate of drug-likeness (QED) is 0.439. The lowest BCUT2D eigenvalue weighted by Crippen LogP contribution is -3.00. The van der Waals surface area contributed by atoms with Gasteiger partial charge in [-0.25, -0.2) is 0 Å². The number of unbranched alkanes of at least 4 members (excludes halogenated alkanes) is 2. The molecule has 0 radical (unpaired) electrons. The van der Waals surface area contributed by atoms with E-state index in [-0.39, 0.29) is 18.1 Å². The lowest BCUT2D eigenvalue weighted by molar-refractivity contribution is -0.953. The van der Waals surface area contributed by atoms with E-state index in [1.165, 1.54) is 38.8 Å². The van der Waals surface area contributed by atoms with Gasteiger partial charge in [-0.05, 0) is 12.8 Å². The van der Waals surface area contributed by atoms with Crippen LogP contribution in [0.4, 0.5) is 0 Å². The van der Waals surface area contributed by atoms with Crippen molar-refractivity contribution < 1.29 is 21.6 Å². The molecule has 0 amide bonds. The number of nitrogens with zero attached hydrogens (tertiary/aromatic N) is 1. The Morgan fingerprint density at radius 2 is 1.53 bits per heavy atom. The average Bonchev–Trinajstić information content (AvgIpc) is 2.92. The van der Waals surface area contributed by atoms with E-state index >= 15 is 0 Å². The van der Waals surface area contributed by atoms with Gasteiger partial charge in [0, 0.05) is 6.92 Å². The van der Waals surface area contributed by atoms with E-state index in [2.05, 4.69) is 27.8 Å². The van der Waals surface area contributed by atoms with Crippen LogP contribution in [0.15, 0.2) is 0 Å². The lowest BCUT2D eigenvalue weighted by atomic mass is 10.1. The van der Waals surface area contributed by atoms with Crippen molar-refractivity contribution in [3.05, 3.63) is 0 Å². The minimum atomic E-state index is 0. The van der Waals surface area contributed by atoms with E-state index in [1.54, 1.807) is 0 Å². The molecule has 3 heteroatoms. The standard InChI is InChI=1S/C12H26NO.ClH/c1-5-7-9-13(4,10-8-6-2)12(3)11-14-12;/h5-11H2,1-4H3;1H/q+1;/p-1. The summed E-state index contributed by atoms with van der Waals surface area (Å²) in [6.45, 7) is 10.3. The summed E-state index contributed by atoms with van der Waals surface area (Å²) >= 11 is 0. The zero-order valence-electron chi connectivity index (χ0n) is 10.7. The molecule has 1 aliphatic heterocycles. The third kappa shape index (κ3) is 3.61. The first-order chi connectivity index (χ1) is 6.58. The smallest absolute Gasteiger partial charge is 0.224 e. The highest BCUT2D eigenvalue weighted by molar-refractivity contribution is 4.77. The molecule has 1 saturated heterocycles. The number of ether oxygens (including phenoxy) is 1. The molecule has 1 unspecified atom stereocenters. The van der Waals surface area contributed by atoms with Crippen molar-refractivity contribution in [2.45, 2.75) is 52.2 Å². The molecule has 1 rings (SSSR count). The maximum Gasteiger partial charge on any atom is 0.224 e. The van der Waals surface area contributed by atoms with Gasteiger partial charge in [0.25, 0.3) is 0 Å². The average molecular weight is 236 g/mol. The summed E-state index contributed by atoms with van der Waals surface area (Å²) in [6, 6.07) is 0.